The molecular formula is C17H22N4O3. The van der Waals surface area contributed by atoms with Gasteiger partial charge in [-0.1, -0.05) is 13.8 Å². The van der Waals surface area contributed by atoms with Crippen LogP contribution >= 0.6 is 0 Å². The number of fused-ring (bicyclic) bond motifs is 2. The normalized spacial score (nSPS) is 14.6. The number of carbonyl (C=O) groups excluding carboxylic acids is 3. The van der Waals surface area contributed by atoms with Crippen molar-refractivity contribution in [1.82, 2.24) is 20.6 Å². The van der Waals surface area contributed by atoms with Crippen LogP contribution in [0.3, 0.4) is 0 Å². The van der Waals surface area contributed by atoms with Gasteiger partial charge in [0.05, 0.1) is 16.8 Å². The fourth-order valence-corrected chi connectivity index (χ4v) is 2.66. The SMILES string of the molecule is CC.O=C1NCCc2c[nH]cc21.O=Cc1[nH]cc2c1CCNC2=O. The minimum absolute atomic E-state index is 0.0440. The molecule has 128 valence electrons. The zero-order chi connectivity index (χ0) is 17.5. The number of H-pyrrole nitrogens is 2. The lowest BCUT2D eigenvalue weighted by Gasteiger charge is -2.11. The van der Waals surface area contributed by atoms with Gasteiger partial charge in [-0.3, -0.25) is 14.4 Å². The van der Waals surface area contributed by atoms with Crippen molar-refractivity contribution in [2.45, 2.75) is 26.7 Å². The Balaban J connectivity index is 0.000000160. The lowest BCUT2D eigenvalue weighted by atomic mass is 10.0. The maximum atomic E-state index is 11.2. The van der Waals surface area contributed by atoms with Crippen molar-refractivity contribution in [2.24, 2.45) is 0 Å². The quantitative estimate of drug-likeness (QED) is 0.594. The van der Waals surface area contributed by atoms with Crippen LogP contribution in [0.1, 0.15) is 56.2 Å². The van der Waals surface area contributed by atoms with Crippen LogP contribution in [-0.4, -0.2) is 41.2 Å². The molecule has 2 aliphatic rings. The Morgan fingerprint density at radius 2 is 1.58 bits per heavy atom. The second-order valence-electron chi connectivity index (χ2n) is 5.12. The van der Waals surface area contributed by atoms with E-state index in [9.17, 15) is 14.4 Å². The molecule has 7 nitrogen and oxygen atoms in total. The Kier molecular flexibility index (Phi) is 5.95. The van der Waals surface area contributed by atoms with Crippen LogP contribution in [0.4, 0.5) is 0 Å². The molecule has 7 heteroatoms. The third kappa shape index (κ3) is 3.56. The van der Waals surface area contributed by atoms with E-state index < -0.39 is 0 Å². The van der Waals surface area contributed by atoms with E-state index in [1.54, 1.807) is 12.4 Å². The van der Waals surface area contributed by atoms with Crippen molar-refractivity contribution in [1.29, 1.82) is 0 Å². The average Bonchev–Trinajstić information content (AvgIpc) is 3.25. The smallest absolute Gasteiger partial charge is 0.253 e. The predicted octanol–water partition coefficient (Wildman–Crippen LogP) is 1.44. The number of aromatic nitrogens is 2. The zero-order valence-electron chi connectivity index (χ0n) is 13.9. The lowest BCUT2D eigenvalue weighted by molar-refractivity contribution is 0.0938. The summed E-state index contributed by atoms with van der Waals surface area (Å²) in [6.07, 6.45) is 7.63. The Morgan fingerprint density at radius 1 is 0.917 bits per heavy atom. The molecule has 0 saturated carbocycles. The first-order valence-electron chi connectivity index (χ1n) is 8.08. The van der Waals surface area contributed by atoms with E-state index in [2.05, 4.69) is 20.6 Å². The second-order valence-corrected chi connectivity index (χ2v) is 5.12. The van der Waals surface area contributed by atoms with Gasteiger partial charge in [-0.05, 0) is 24.0 Å². The summed E-state index contributed by atoms with van der Waals surface area (Å²) >= 11 is 0. The molecule has 4 rings (SSSR count). The Labute approximate surface area is 140 Å². The second kappa shape index (κ2) is 8.14. The first kappa shape index (κ1) is 17.5. The minimum Gasteiger partial charge on any atom is -0.367 e. The fraction of sp³-hybridized carbons (Fsp3) is 0.353. The lowest BCUT2D eigenvalue weighted by Crippen LogP contribution is -2.31. The molecule has 2 aliphatic heterocycles. The Morgan fingerprint density at radius 3 is 2.25 bits per heavy atom. The van der Waals surface area contributed by atoms with Gasteiger partial charge in [-0.25, -0.2) is 0 Å². The highest BCUT2D eigenvalue weighted by atomic mass is 16.2. The number of amides is 2. The molecule has 2 aromatic rings. The molecule has 0 fully saturated rings. The molecule has 0 aliphatic carbocycles. The van der Waals surface area contributed by atoms with Crippen molar-refractivity contribution in [2.75, 3.05) is 13.1 Å². The molecule has 2 amide bonds. The molecule has 4 heterocycles. The largest absolute Gasteiger partial charge is 0.367 e. The van der Waals surface area contributed by atoms with Gasteiger partial charge in [0, 0.05) is 31.7 Å². The number of aromatic amines is 2. The molecule has 24 heavy (non-hydrogen) atoms. The molecule has 0 radical (unpaired) electrons. The molecule has 0 saturated heterocycles. The Hall–Kier alpha value is -2.83. The van der Waals surface area contributed by atoms with Gasteiger partial charge >= 0.3 is 0 Å². The number of nitrogens with one attached hydrogen (secondary N) is 4. The van der Waals surface area contributed by atoms with Crippen molar-refractivity contribution in [3.8, 4) is 0 Å². The van der Waals surface area contributed by atoms with Gasteiger partial charge in [-0.2, -0.15) is 0 Å². The van der Waals surface area contributed by atoms with Crippen LogP contribution in [0.25, 0.3) is 0 Å². The van der Waals surface area contributed by atoms with Crippen LogP contribution in [0.2, 0.25) is 0 Å². The maximum Gasteiger partial charge on any atom is 0.253 e. The highest BCUT2D eigenvalue weighted by molar-refractivity contribution is 5.98. The summed E-state index contributed by atoms with van der Waals surface area (Å²) in [7, 11) is 0. The van der Waals surface area contributed by atoms with Gasteiger partial charge in [0.25, 0.3) is 11.8 Å². The average molecular weight is 330 g/mol. The third-order valence-corrected chi connectivity index (χ3v) is 3.80. The maximum absolute atomic E-state index is 11.2. The molecule has 0 unspecified atom stereocenters. The molecule has 0 atom stereocenters. The standard InChI is InChI=1S/C8H8N2O2.C7H8N2O.C2H6/c11-4-7-5-1-2-9-8(12)6(5)3-10-7;10-7-6-4-8-3-5(6)1-2-9-7;1-2/h3-4,10H,1-2H2,(H,9,12);3-4,8H,1-2H2,(H,9,10);1-2H3. The van der Waals surface area contributed by atoms with E-state index in [0.717, 1.165) is 42.4 Å². The number of aldehydes is 1. The summed E-state index contributed by atoms with van der Waals surface area (Å²) in [5.74, 6) is -0.0527. The van der Waals surface area contributed by atoms with Gasteiger partial charge < -0.3 is 20.6 Å². The number of rotatable bonds is 1. The van der Waals surface area contributed by atoms with Crippen molar-refractivity contribution >= 4 is 18.1 Å². The minimum atomic E-state index is -0.0967. The summed E-state index contributed by atoms with van der Waals surface area (Å²) in [5.41, 5.74) is 3.90. The van der Waals surface area contributed by atoms with Gasteiger partial charge in [0.15, 0.2) is 6.29 Å². The molecule has 0 spiro atoms. The molecular weight excluding hydrogens is 308 g/mol. The van der Waals surface area contributed by atoms with Gasteiger partial charge in [0.2, 0.25) is 0 Å². The molecule has 2 aromatic heterocycles. The van der Waals surface area contributed by atoms with Crippen molar-refractivity contribution in [3.05, 3.63) is 46.5 Å². The summed E-state index contributed by atoms with van der Waals surface area (Å²) in [4.78, 5) is 38.3. The zero-order valence-corrected chi connectivity index (χ0v) is 13.9. The number of carbonyl (C=O) groups is 3. The van der Waals surface area contributed by atoms with E-state index in [1.807, 2.05) is 20.0 Å². The first-order valence-corrected chi connectivity index (χ1v) is 8.08. The predicted molar refractivity (Wildman–Crippen MR) is 90.4 cm³/mol. The van der Waals surface area contributed by atoms with E-state index in [1.165, 1.54) is 0 Å². The molecule has 0 bridgehead atoms. The van der Waals surface area contributed by atoms with E-state index in [4.69, 9.17) is 0 Å². The van der Waals surface area contributed by atoms with Crippen LogP contribution < -0.4 is 10.6 Å². The van der Waals surface area contributed by atoms with Crippen LogP contribution in [0, 0.1) is 0 Å². The summed E-state index contributed by atoms with van der Waals surface area (Å²) < 4.78 is 0. The van der Waals surface area contributed by atoms with Crippen molar-refractivity contribution in [3.63, 3.8) is 0 Å². The van der Waals surface area contributed by atoms with Gasteiger partial charge in [0.1, 0.15) is 0 Å². The molecule has 0 aromatic carbocycles. The summed E-state index contributed by atoms with van der Waals surface area (Å²) in [5, 5.41) is 5.47. The van der Waals surface area contributed by atoms with Crippen LogP contribution in [0.15, 0.2) is 18.6 Å². The highest BCUT2D eigenvalue weighted by Crippen LogP contribution is 2.16. The Bertz CT molecular complexity index is 730. The van der Waals surface area contributed by atoms with Crippen LogP contribution in [-0.2, 0) is 12.8 Å². The van der Waals surface area contributed by atoms with Crippen LogP contribution in [0.5, 0.6) is 0 Å². The highest BCUT2D eigenvalue weighted by Gasteiger charge is 2.20. The number of hydrogen-bond donors (Lipinski definition) is 4. The summed E-state index contributed by atoms with van der Waals surface area (Å²) in [6, 6.07) is 0. The van der Waals surface area contributed by atoms with E-state index >= 15 is 0 Å². The summed E-state index contributed by atoms with van der Waals surface area (Å²) in [6.45, 7) is 5.38. The topological polar surface area (TPSA) is 107 Å². The van der Waals surface area contributed by atoms with E-state index in [-0.39, 0.29) is 11.8 Å². The number of hydrogen-bond acceptors (Lipinski definition) is 3. The van der Waals surface area contributed by atoms with Crippen molar-refractivity contribution < 1.29 is 14.4 Å². The fourth-order valence-electron chi connectivity index (χ4n) is 2.66. The molecule has 4 N–H and O–H groups in total. The van der Waals surface area contributed by atoms with E-state index in [0.29, 0.717) is 17.8 Å². The first-order chi connectivity index (χ1) is 11.7. The third-order valence-electron chi connectivity index (χ3n) is 3.80. The monoisotopic (exact) mass is 330 g/mol. The van der Waals surface area contributed by atoms with Gasteiger partial charge in [-0.15, -0.1) is 0 Å².